The van der Waals surface area contributed by atoms with Gasteiger partial charge in [0.15, 0.2) is 0 Å². The van der Waals surface area contributed by atoms with Gasteiger partial charge in [0.05, 0.1) is 16.9 Å². The normalized spacial score (nSPS) is 10.4. The summed E-state index contributed by atoms with van der Waals surface area (Å²) >= 11 is 6.32. The number of carbonyl (C=O) groups excluding carboxylic acids is 2. The van der Waals surface area contributed by atoms with Gasteiger partial charge in [-0.3, -0.25) is 0 Å². The summed E-state index contributed by atoms with van der Waals surface area (Å²) in [4.78, 5) is 24.2. The van der Waals surface area contributed by atoms with E-state index in [-0.39, 0.29) is 23.9 Å². The molecule has 0 bridgehead atoms. The van der Waals surface area contributed by atoms with Crippen LogP contribution in [0, 0.1) is 6.92 Å². The van der Waals surface area contributed by atoms with E-state index in [1.54, 1.807) is 37.3 Å². The second-order valence-electron chi connectivity index (χ2n) is 5.64. The molecule has 1 heterocycles. The van der Waals surface area contributed by atoms with Crippen LogP contribution in [0.15, 0.2) is 60.7 Å². The highest BCUT2D eigenvalue weighted by atomic mass is 35.5. The quantitative estimate of drug-likeness (QED) is 0.477. The van der Waals surface area contributed by atoms with Gasteiger partial charge in [0.2, 0.25) is 0 Å². The van der Waals surface area contributed by atoms with Crippen LogP contribution in [0.3, 0.4) is 0 Å². The molecule has 0 unspecified atom stereocenters. The zero-order valence-corrected chi connectivity index (χ0v) is 15.3. The van der Waals surface area contributed by atoms with Gasteiger partial charge >= 0.3 is 11.9 Å². The Balaban J connectivity index is 1.59. The average molecular weight is 385 g/mol. The Morgan fingerprint density at radius 1 is 0.926 bits per heavy atom. The van der Waals surface area contributed by atoms with Crippen molar-refractivity contribution in [1.29, 1.82) is 0 Å². The zero-order valence-electron chi connectivity index (χ0n) is 14.6. The minimum atomic E-state index is -0.615. The molecule has 2 aromatic carbocycles. The minimum absolute atomic E-state index is 0.0526. The third kappa shape index (κ3) is 4.35. The molecule has 0 aliphatic rings. The molecule has 0 atom stereocenters. The SMILES string of the molecule is Cc1nn(-c2ccccc2)c(Cl)c1C(=O)OCCOC(=O)c1ccccc1. The maximum Gasteiger partial charge on any atom is 0.343 e. The van der Waals surface area contributed by atoms with Crippen LogP contribution >= 0.6 is 11.6 Å². The van der Waals surface area contributed by atoms with Crippen molar-refractivity contribution in [3.63, 3.8) is 0 Å². The summed E-state index contributed by atoms with van der Waals surface area (Å²) in [6, 6.07) is 17.8. The lowest BCUT2D eigenvalue weighted by atomic mass is 10.2. The summed E-state index contributed by atoms with van der Waals surface area (Å²) < 4.78 is 11.7. The molecule has 0 saturated heterocycles. The van der Waals surface area contributed by atoms with E-state index < -0.39 is 11.9 Å². The molecule has 3 rings (SSSR count). The first-order valence-electron chi connectivity index (χ1n) is 8.28. The number of para-hydroxylation sites is 1. The standard InChI is InChI=1S/C20H17ClN2O4/c1-14-17(18(21)23(22-14)16-10-6-3-7-11-16)20(25)27-13-12-26-19(24)15-8-4-2-5-9-15/h2-11H,12-13H2,1H3. The van der Waals surface area contributed by atoms with E-state index in [0.717, 1.165) is 5.69 Å². The molecular formula is C20H17ClN2O4. The summed E-state index contributed by atoms with van der Waals surface area (Å²) in [5.74, 6) is -1.09. The molecule has 6 nitrogen and oxygen atoms in total. The molecule has 0 radical (unpaired) electrons. The molecule has 0 aliphatic carbocycles. The molecule has 138 valence electrons. The Labute approximate surface area is 161 Å². The summed E-state index contributed by atoms with van der Waals surface area (Å²) in [6.45, 7) is 1.55. The van der Waals surface area contributed by atoms with Gasteiger partial charge in [-0.2, -0.15) is 5.10 Å². The molecule has 0 spiro atoms. The maximum atomic E-state index is 12.3. The van der Waals surface area contributed by atoms with Gasteiger partial charge in [0.1, 0.15) is 23.9 Å². The van der Waals surface area contributed by atoms with Crippen LogP contribution in [0.5, 0.6) is 0 Å². The van der Waals surface area contributed by atoms with Crippen LogP contribution < -0.4 is 0 Å². The fourth-order valence-electron chi connectivity index (χ4n) is 2.47. The second-order valence-corrected chi connectivity index (χ2v) is 5.99. The average Bonchev–Trinajstić information content (AvgIpc) is 3.00. The number of aryl methyl sites for hydroxylation is 1. The van der Waals surface area contributed by atoms with Gasteiger partial charge in [-0.05, 0) is 31.2 Å². The molecule has 0 amide bonds. The molecular weight excluding hydrogens is 368 g/mol. The number of esters is 2. The molecule has 0 N–H and O–H groups in total. The van der Waals surface area contributed by atoms with Crippen LogP contribution in [0.2, 0.25) is 5.15 Å². The van der Waals surface area contributed by atoms with Gasteiger partial charge in [-0.1, -0.05) is 48.0 Å². The van der Waals surface area contributed by atoms with E-state index >= 15 is 0 Å². The minimum Gasteiger partial charge on any atom is -0.458 e. The summed E-state index contributed by atoms with van der Waals surface area (Å²) in [7, 11) is 0. The maximum absolute atomic E-state index is 12.3. The third-order valence-electron chi connectivity index (χ3n) is 3.77. The fourth-order valence-corrected chi connectivity index (χ4v) is 2.82. The van der Waals surface area contributed by atoms with Crippen molar-refractivity contribution in [3.05, 3.63) is 82.6 Å². The first-order valence-corrected chi connectivity index (χ1v) is 8.65. The van der Waals surface area contributed by atoms with Crippen molar-refractivity contribution in [3.8, 4) is 5.69 Å². The number of benzene rings is 2. The number of hydrogen-bond acceptors (Lipinski definition) is 5. The third-order valence-corrected chi connectivity index (χ3v) is 4.12. The highest BCUT2D eigenvalue weighted by molar-refractivity contribution is 6.33. The lowest BCUT2D eigenvalue weighted by molar-refractivity contribution is 0.0265. The number of nitrogens with zero attached hydrogens (tertiary/aromatic N) is 2. The Hall–Kier alpha value is -3.12. The van der Waals surface area contributed by atoms with Crippen LogP contribution in [0.4, 0.5) is 0 Å². The molecule has 27 heavy (non-hydrogen) atoms. The number of carbonyl (C=O) groups is 2. The van der Waals surface area contributed by atoms with Gasteiger partial charge in [0, 0.05) is 0 Å². The van der Waals surface area contributed by atoms with Crippen molar-refractivity contribution < 1.29 is 19.1 Å². The lowest BCUT2D eigenvalue weighted by Crippen LogP contribution is -2.14. The number of aromatic nitrogens is 2. The Morgan fingerprint density at radius 3 is 2.11 bits per heavy atom. The number of hydrogen-bond donors (Lipinski definition) is 0. The van der Waals surface area contributed by atoms with E-state index in [1.807, 2.05) is 30.3 Å². The molecule has 3 aromatic rings. The molecule has 0 aliphatic heterocycles. The fraction of sp³-hybridized carbons (Fsp3) is 0.150. The van der Waals surface area contributed by atoms with Crippen LogP contribution in [-0.2, 0) is 9.47 Å². The summed E-state index contributed by atoms with van der Waals surface area (Å²) in [6.07, 6.45) is 0. The number of rotatable bonds is 6. The first kappa shape index (κ1) is 18.7. The lowest BCUT2D eigenvalue weighted by Gasteiger charge is -2.07. The molecule has 0 saturated carbocycles. The highest BCUT2D eigenvalue weighted by Gasteiger charge is 2.22. The molecule has 0 fully saturated rings. The molecule has 7 heteroatoms. The Morgan fingerprint density at radius 2 is 1.48 bits per heavy atom. The van der Waals surface area contributed by atoms with E-state index in [2.05, 4.69) is 5.10 Å². The predicted molar refractivity (Wildman–Crippen MR) is 100 cm³/mol. The number of ether oxygens (including phenoxy) is 2. The van der Waals surface area contributed by atoms with E-state index in [4.69, 9.17) is 21.1 Å². The van der Waals surface area contributed by atoms with Crippen molar-refractivity contribution in [2.45, 2.75) is 6.92 Å². The monoisotopic (exact) mass is 384 g/mol. The van der Waals surface area contributed by atoms with E-state index in [9.17, 15) is 9.59 Å². The van der Waals surface area contributed by atoms with Gasteiger partial charge in [-0.15, -0.1) is 0 Å². The smallest absolute Gasteiger partial charge is 0.343 e. The first-order chi connectivity index (χ1) is 13.1. The van der Waals surface area contributed by atoms with E-state index in [0.29, 0.717) is 11.3 Å². The van der Waals surface area contributed by atoms with Gasteiger partial charge < -0.3 is 9.47 Å². The summed E-state index contributed by atoms with van der Waals surface area (Å²) in [5, 5.41) is 4.47. The predicted octanol–water partition coefficient (Wildman–Crippen LogP) is 3.85. The largest absolute Gasteiger partial charge is 0.458 e. The Kier molecular flexibility index (Phi) is 5.88. The summed E-state index contributed by atoms with van der Waals surface area (Å²) in [5.41, 5.74) is 1.82. The second kappa shape index (κ2) is 8.51. The van der Waals surface area contributed by atoms with Crippen molar-refractivity contribution in [2.24, 2.45) is 0 Å². The van der Waals surface area contributed by atoms with Crippen LogP contribution in [0.1, 0.15) is 26.4 Å². The number of halogens is 1. The zero-order chi connectivity index (χ0) is 19.2. The van der Waals surface area contributed by atoms with E-state index in [1.165, 1.54) is 4.68 Å². The van der Waals surface area contributed by atoms with Crippen molar-refractivity contribution in [2.75, 3.05) is 13.2 Å². The topological polar surface area (TPSA) is 70.4 Å². The van der Waals surface area contributed by atoms with Gasteiger partial charge in [-0.25, -0.2) is 14.3 Å². The molecule has 1 aromatic heterocycles. The van der Waals surface area contributed by atoms with Crippen molar-refractivity contribution >= 4 is 23.5 Å². The van der Waals surface area contributed by atoms with Crippen LogP contribution in [0.25, 0.3) is 5.69 Å². The van der Waals surface area contributed by atoms with Crippen molar-refractivity contribution in [1.82, 2.24) is 9.78 Å². The Bertz CT molecular complexity index is 939. The van der Waals surface area contributed by atoms with Crippen LogP contribution in [-0.4, -0.2) is 34.9 Å². The highest BCUT2D eigenvalue weighted by Crippen LogP contribution is 2.24. The van der Waals surface area contributed by atoms with Gasteiger partial charge in [0.25, 0.3) is 0 Å².